The lowest BCUT2D eigenvalue weighted by Crippen LogP contribution is -2.43. The minimum Gasteiger partial charge on any atom is -0.314 e. The van der Waals surface area contributed by atoms with Gasteiger partial charge in [0.2, 0.25) is 0 Å². The molecule has 1 rings (SSSR count). The van der Waals surface area contributed by atoms with Crippen LogP contribution in [0.15, 0.2) is 0 Å². The van der Waals surface area contributed by atoms with Crippen LogP contribution in [-0.2, 0) is 0 Å². The van der Waals surface area contributed by atoms with Crippen LogP contribution in [0.3, 0.4) is 0 Å². The number of nitrogens with zero attached hydrogens (tertiary/aromatic N) is 1. The molecule has 1 N–H and O–H groups in total. The summed E-state index contributed by atoms with van der Waals surface area (Å²) in [5.41, 5.74) is 0. The molecule has 64 valence electrons. The Morgan fingerprint density at radius 1 is 1.36 bits per heavy atom. The zero-order chi connectivity index (χ0) is 8.53. The Morgan fingerprint density at radius 2 is 1.91 bits per heavy atom. The summed E-state index contributed by atoms with van der Waals surface area (Å²) in [6.45, 7) is 9.18. The Kier molecular flexibility index (Phi) is 7.23. The molecule has 0 aliphatic carbocycles. The summed E-state index contributed by atoms with van der Waals surface area (Å²) in [7, 11) is 0. The number of terminal acetylenes is 1. The van der Waals surface area contributed by atoms with E-state index < -0.39 is 0 Å². The molecule has 0 saturated carbocycles. The maximum Gasteiger partial charge on any atom is 0.0599 e. The van der Waals surface area contributed by atoms with Crippen LogP contribution in [0.1, 0.15) is 13.8 Å². The van der Waals surface area contributed by atoms with E-state index in [1.165, 1.54) is 0 Å². The predicted molar refractivity (Wildman–Crippen MR) is 49.5 cm³/mol. The quantitative estimate of drug-likeness (QED) is 0.555. The third-order valence-electron chi connectivity index (χ3n) is 1.52. The van der Waals surface area contributed by atoms with E-state index in [4.69, 9.17) is 6.42 Å². The Bertz CT molecular complexity index is 109. The van der Waals surface area contributed by atoms with Crippen molar-refractivity contribution in [2.45, 2.75) is 13.8 Å². The van der Waals surface area contributed by atoms with Gasteiger partial charge in [-0.1, -0.05) is 19.8 Å². The minimum atomic E-state index is 0.807. The molecule has 11 heavy (non-hydrogen) atoms. The van der Waals surface area contributed by atoms with Gasteiger partial charge < -0.3 is 5.32 Å². The van der Waals surface area contributed by atoms with Crippen LogP contribution < -0.4 is 5.32 Å². The van der Waals surface area contributed by atoms with Crippen molar-refractivity contribution in [2.75, 3.05) is 32.7 Å². The van der Waals surface area contributed by atoms with E-state index in [1.54, 1.807) is 0 Å². The summed E-state index contributed by atoms with van der Waals surface area (Å²) >= 11 is 0. The smallest absolute Gasteiger partial charge is 0.0599 e. The van der Waals surface area contributed by atoms with Crippen LogP contribution in [0.2, 0.25) is 0 Å². The first-order valence-electron chi connectivity index (χ1n) is 4.30. The van der Waals surface area contributed by atoms with Gasteiger partial charge in [0.05, 0.1) is 6.54 Å². The highest BCUT2D eigenvalue weighted by atomic mass is 15.2. The Labute approximate surface area is 70.0 Å². The average molecular weight is 154 g/mol. The largest absolute Gasteiger partial charge is 0.314 e. The fraction of sp³-hybridized carbons (Fsp3) is 0.778. The highest BCUT2D eigenvalue weighted by Crippen LogP contribution is 1.88. The lowest BCUT2D eigenvalue weighted by Gasteiger charge is -2.24. The molecule has 0 aromatic carbocycles. The zero-order valence-corrected chi connectivity index (χ0v) is 7.56. The lowest BCUT2D eigenvalue weighted by molar-refractivity contribution is 0.268. The number of piperazine rings is 1. The van der Waals surface area contributed by atoms with Gasteiger partial charge in [-0.05, 0) is 0 Å². The van der Waals surface area contributed by atoms with Gasteiger partial charge in [-0.15, -0.1) is 6.42 Å². The first kappa shape index (κ1) is 10.5. The van der Waals surface area contributed by atoms with E-state index in [1.807, 2.05) is 13.8 Å². The Hall–Kier alpha value is -0.520. The molecule has 0 unspecified atom stereocenters. The van der Waals surface area contributed by atoms with Crippen molar-refractivity contribution in [3.8, 4) is 12.3 Å². The molecule has 0 spiro atoms. The summed E-state index contributed by atoms with van der Waals surface area (Å²) < 4.78 is 0. The van der Waals surface area contributed by atoms with Crippen molar-refractivity contribution < 1.29 is 0 Å². The maximum atomic E-state index is 5.15. The lowest BCUT2D eigenvalue weighted by atomic mass is 10.4. The van der Waals surface area contributed by atoms with Gasteiger partial charge in [0.15, 0.2) is 0 Å². The second-order valence-electron chi connectivity index (χ2n) is 2.23. The molecular formula is C9H18N2. The molecule has 0 aromatic rings. The monoisotopic (exact) mass is 154 g/mol. The topological polar surface area (TPSA) is 15.3 Å². The molecule has 1 heterocycles. The van der Waals surface area contributed by atoms with Gasteiger partial charge in [-0.3, -0.25) is 4.90 Å². The van der Waals surface area contributed by atoms with E-state index in [2.05, 4.69) is 16.1 Å². The number of rotatable bonds is 1. The number of nitrogens with one attached hydrogen (secondary N) is 1. The van der Waals surface area contributed by atoms with E-state index in [0.717, 1.165) is 32.7 Å². The Morgan fingerprint density at radius 3 is 2.36 bits per heavy atom. The summed E-state index contributed by atoms with van der Waals surface area (Å²) in [6, 6.07) is 0. The second kappa shape index (κ2) is 7.59. The highest BCUT2D eigenvalue weighted by Gasteiger charge is 2.05. The van der Waals surface area contributed by atoms with Crippen LogP contribution in [-0.4, -0.2) is 37.6 Å². The zero-order valence-electron chi connectivity index (χ0n) is 7.56. The normalized spacial score (nSPS) is 17.9. The van der Waals surface area contributed by atoms with Gasteiger partial charge in [0, 0.05) is 26.2 Å². The summed E-state index contributed by atoms with van der Waals surface area (Å²) in [5.74, 6) is 2.64. The third-order valence-corrected chi connectivity index (χ3v) is 1.52. The summed E-state index contributed by atoms with van der Waals surface area (Å²) in [4.78, 5) is 2.27. The van der Waals surface area contributed by atoms with Crippen LogP contribution in [0.25, 0.3) is 0 Å². The first-order valence-corrected chi connectivity index (χ1v) is 4.30. The van der Waals surface area contributed by atoms with Crippen molar-refractivity contribution in [2.24, 2.45) is 0 Å². The molecular weight excluding hydrogens is 136 g/mol. The van der Waals surface area contributed by atoms with Gasteiger partial charge in [-0.2, -0.15) is 0 Å². The molecule has 1 saturated heterocycles. The highest BCUT2D eigenvalue weighted by molar-refractivity contribution is 4.89. The number of hydrogen-bond donors (Lipinski definition) is 1. The average Bonchev–Trinajstić information content (AvgIpc) is 2.11. The molecule has 0 radical (unpaired) electrons. The van der Waals surface area contributed by atoms with Gasteiger partial charge in [0.25, 0.3) is 0 Å². The molecule has 1 aliphatic heterocycles. The van der Waals surface area contributed by atoms with E-state index in [0.29, 0.717) is 0 Å². The second-order valence-corrected chi connectivity index (χ2v) is 2.23. The van der Waals surface area contributed by atoms with Gasteiger partial charge >= 0.3 is 0 Å². The number of hydrogen-bond acceptors (Lipinski definition) is 2. The fourth-order valence-corrected chi connectivity index (χ4v) is 0.998. The third kappa shape index (κ3) is 4.83. The maximum absolute atomic E-state index is 5.15. The van der Waals surface area contributed by atoms with Crippen LogP contribution in [0, 0.1) is 12.3 Å². The molecule has 1 fully saturated rings. The van der Waals surface area contributed by atoms with Crippen LogP contribution >= 0.6 is 0 Å². The van der Waals surface area contributed by atoms with E-state index in [-0.39, 0.29) is 0 Å². The van der Waals surface area contributed by atoms with Crippen molar-refractivity contribution in [3.05, 3.63) is 0 Å². The summed E-state index contributed by atoms with van der Waals surface area (Å²) in [6.07, 6.45) is 5.15. The van der Waals surface area contributed by atoms with E-state index >= 15 is 0 Å². The molecule has 0 aromatic heterocycles. The molecule has 0 amide bonds. The van der Waals surface area contributed by atoms with Crippen molar-refractivity contribution in [3.63, 3.8) is 0 Å². The van der Waals surface area contributed by atoms with Crippen LogP contribution in [0.5, 0.6) is 0 Å². The van der Waals surface area contributed by atoms with Gasteiger partial charge in [0.1, 0.15) is 0 Å². The molecule has 0 atom stereocenters. The van der Waals surface area contributed by atoms with Crippen molar-refractivity contribution in [1.82, 2.24) is 10.2 Å². The molecule has 1 aliphatic rings. The Balaban J connectivity index is 0.000000461. The predicted octanol–water partition coefficient (Wildman–Crippen LogP) is 0.551. The first-order chi connectivity index (χ1) is 5.43. The molecule has 2 heteroatoms. The SMILES string of the molecule is C#CCN1CCNCC1.CC. The van der Waals surface area contributed by atoms with E-state index in [9.17, 15) is 0 Å². The van der Waals surface area contributed by atoms with Crippen molar-refractivity contribution >= 4 is 0 Å². The minimum absolute atomic E-state index is 0.807. The van der Waals surface area contributed by atoms with Crippen molar-refractivity contribution in [1.29, 1.82) is 0 Å². The van der Waals surface area contributed by atoms with Crippen LogP contribution in [0.4, 0.5) is 0 Å². The van der Waals surface area contributed by atoms with Gasteiger partial charge in [-0.25, -0.2) is 0 Å². The fourth-order valence-electron chi connectivity index (χ4n) is 0.998. The molecule has 0 bridgehead atoms. The standard InChI is InChI=1S/C7H12N2.C2H6/c1-2-5-9-6-3-8-4-7-9;1-2/h1,8H,3-7H2;1-2H3. The molecule has 2 nitrogen and oxygen atoms in total. The summed E-state index contributed by atoms with van der Waals surface area (Å²) in [5, 5.41) is 3.26.